The van der Waals surface area contributed by atoms with Gasteiger partial charge in [-0.2, -0.15) is 4.98 Å². The van der Waals surface area contributed by atoms with Crippen LogP contribution in [-0.2, 0) is 7.05 Å². The number of pyridine rings is 1. The minimum atomic E-state index is -0.443. The Hall–Kier alpha value is -2.47. The van der Waals surface area contributed by atoms with Crippen molar-refractivity contribution in [2.75, 3.05) is 0 Å². The number of nitrogens with zero attached hydrogens (tertiary/aromatic N) is 3. The van der Waals surface area contributed by atoms with Crippen LogP contribution in [0.5, 0.6) is 0 Å². The Kier molecular flexibility index (Phi) is 3.31. The van der Waals surface area contributed by atoms with Crippen molar-refractivity contribution in [3.8, 4) is 22.8 Å². The molecule has 0 bridgehead atoms. The highest BCUT2D eigenvalue weighted by Crippen LogP contribution is 2.28. The van der Waals surface area contributed by atoms with Gasteiger partial charge in [-0.3, -0.25) is 4.79 Å². The van der Waals surface area contributed by atoms with E-state index in [9.17, 15) is 9.18 Å². The quantitative estimate of drug-likeness (QED) is 0.730. The molecule has 0 aliphatic rings. The first-order valence-electron chi connectivity index (χ1n) is 6.01. The summed E-state index contributed by atoms with van der Waals surface area (Å²) in [6.07, 6.45) is 1.60. The number of rotatable bonds is 2. The van der Waals surface area contributed by atoms with Crippen LogP contribution in [0.1, 0.15) is 0 Å². The fourth-order valence-electron chi connectivity index (χ4n) is 1.84. The molecule has 2 aromatic heterocycles. The summed E-state index contributed by atoms with van der Waals surface area (Å²) in [5, 5.41) is 4.03. The molecule has 0 unspecified atom stereocenters. The zero-order chi connectivity index (χ0) is 15.0. The molecule has 0 radical (unpaired) electrons. The number of hydrogen-bond acceptors (Lipinski definition) is 4. The predicted molar refractivity (Wildman–Crippen MR) is 75.4 cm³/mol. The van der Waals surface area contributed by atoms with Crippen molar-refractivity contribution in [3.63, 3.8) is 0 Å². The van der Waals surface area contributed by atoms with Crippen LogP contribution in [0, 0.1) is 5.82 Å². The van der Waals surface area contributed by atoms with Gasteiger partial charge in [-0.05, 0) is 24.3 Å². The van der Waals surface area contributed by atoms with Crippen LogP contribution >= 0.6 is 11.6 Å². The zero-order valence-electron chi connectivity index (χ0n) is 10.9. The van der Waals surface area contributed by atoms with Crippen molar-refractivity contribution in [3.05, 3.63) is 57.7 Å². The smallest absolute Gasteiger partial charge is 0.259 e. The van der Waals surface area contributed by atoms with Gasteiger partial charge in [0.1, 0.15) is 5.82 Å². The highest BCUT2D eigenvalue weighted by Gasteiger charge is 2.14. The second-order valence-corrected chi connectivity index (χ2v) is 4.82. The molecular weight excluding hydrogens is 297 g/mol. The van der Waals surface area contributed by atoms with Gasteiger partial charge in [0.2, 0.25) is 11.4 Å². The summed E-state index contributed by atoms with van der Waals surface area (Å²) in [6.45, 7) is 0. The van der Waals surface area contributed by atoms with E-state index >= 15 is 0 Å². The topological polar surface area (TPSA) is 60.9 Å². The molecule has 0 aliphatic heterocycles. The normalized spacial score (nSPS) is 10.8. The number of aryl methyl sites for hydroxylation is 1. The molecule has 0 saturated heterocycles. The Balaban J connectivity index is 2.03. The molecule has 0 saturated carbocycles. The van der Waals surface area contributed by atoms with E-state index in [0.717, 1.165) is 0 Å². The highest BCUT2D eigenvalue weighted by molar-refractivity contribution is 6.33. The van der Waals surface area contributed by atoms with Gasteiger partial charge in [-0.25, -0.2) is 4.39 Å². The number of halogens is 2. The molecule has 0 spiro atoms. The SMILES string of the molecule is Cn1cc(-c2noc(-c3ccc(F)cc3Cl)n2)ccc1=O. The monoisotopic (exact) mass is 305 g/mol. The third-order valence-corrected chi connectivity index (χ3v) is 3.24. The Morgan fingerprint density at radius 1 is 1.29 bits per heavy atom. The Bertz CT molecular complexity index is 873. The third-order valence-electron chi connectivity index (χ3n) is 2.93. The molecule has 0 atom stereocenters. The first-order valence-corrected chi connectivity index (χ1v) is 6.38. The summed E-state index contributed by atoms with van der Waals surface area (Å²) >= 11 is 5.95. The van der Waals surface area contributed by atoms with E-state index in [-0.39, 0.29) is 16.5 Å². The van der Waals surface area contributed by atoms with E-state index in [0.29, 0.717) is 17.0 Å². The number of aromatic nitrogens is 3. The molecule has 5 nitrogen and oxygen atoms in total. The second kappa shape index (κ2) is 5.14. The minimum Gasteiger partial charge on any atom is -0.334 e. The van der Waals surface area contributed by atoms with Crippen molar-refractivity contribution in [2.45, 2.75) is 0 Å². The lowest BCUT2D eigenvalue weighted by atomic mass is 10.2. The summed E-state index contributed by atoms with van der Waals surface area (Å²) < 4.78 is 19.6. The van der Waals surface area contributed by atoms with Crippen molar-refractivity contribution in [2.24, 2.45) is 7.05 Å². The van der Waals surface area contributed by atoms with Gasteiger partial charge in [0.15, 0.2) is 0 Å². The van der Waals surface area contributed by atoms with E-state index in [1.54, 1.807) is 19.3 Å². The molecule has 0 amide bonds. The van der Waals surface area contributed by atoms with Crippen LogP contribution in [0.15, 0.2) is 45.8 Å². The highest BCUT2D eigenvalue weighted by atomic mass is 35.5. The van der Waals surface area contributed by atoms with E-state index < -0.39 is 5.82 Å². The molecule has 2 heterocycles. The molecule has 3 rings (SSSR count). The van der Waals surface area contributed by atoms with Crippen LogP contribution in [0.4, 0.5) is 4.39 Å². The summed E-state index contributed by atoms with van der Waals surface area (Å²) in [7, 11) is 1.63. The largest absolute Gasteiger partial charge is 0.334 e. The number of benzene rings is 1. The van der Waals surface area contributed by atoms with Crippen LogP contribution in [-0.4, -0.2) is 14.7 Å². The van der Waals surface area contributed by atoms with Crippen LogP contribution < -0.4 is 5.56 Å². The molecule has 0 fully saturated rings. The Morgan fingerprint density at radius 3 is 2.81 bits per heavy atom. The summed E-state index contributed by atoms with van der Waals surface area (Å²) in [5.74, 6) is 0.0615. The molecule has 1 aromatic carbocycles. The van der Waals surface area contributed by atoms with E-state index in [4.69, 9.17) is 16.1 Å². The lowest BCUT2D eigenvalue weighted by Crippen LogP contribution is -2.14. The maximum Gasteiger partial charge on any atom is 0.259 e. The second-order valence-electron chi connectivity index (χ2n) is 4.41. The van der Waals surface area contributed by atoms with Gasteiger partial charge in [0.25, 0.3) is 5.89 Å². The minimum absolute atomic E-state index is 0.135. The van der Waals surface area contributed by atoms with Gasteiger partial charge in [-0.1, -0.05) is 16.8 Å². The van der Waals surface area contributed by atoms with Gasteiger partial charge < -0.3 is 9.09 Å². The van der Waals surface area contributed by atoms with Crippen molar-refractivity contribution < 1.29 is 8.91 Å². The fraction of sp³-hybridized carbons (Fsp3) is 0.0714. The van der Waals surface area contributed by atoms with Crippen LogP contribution in [0.3, 0.4) is 0 Å². The lowest BCUT2D eigenvalue weighted by Gasteiger charge is -1.98. The van der Waals surface area contributed by atoms with Crippen LogP contribution in [0.2, 0.25) is 5.02 Å². The first-order chi connectivity index (χ1) is 10.0. The van der Waals surface area contributed by atoms with Crippen molar-refractivity contribution in [1.29, 1.82) is 0 Å². The van der Waals surface area contributed by atoms with E-state index in [1.807, 2.05) is 0 Å². The average Bonchev–Trinajstić information content (AvgIpc) is 2.91. The summed E-state index contributed by atoms with van der Waals surface area (Å²) in [5.41, 5.74) is 0.941. The summed E-state index contributed by atoms with van der Waals surface area (Å²) in [6, 6.07) is 6.92. The van der Waals surface area contributed by atoms with E-state index in [1.165, 1.54) is 28.8 Å². The Labute approximate surface area is 123 Å². The molecule has 7 heteroatoms. The maximum absolute atomic E-state index is 13.0. The predicted octanol–water partition coefficient (Wildman–Crippen LogP) is 2.89. The molecule has 3 aromatic rings. The van der Waals surface area contributed by atoms with Gasteiger partial charge >= 0.3 is 0 Å². The Morgan fingerprint density at radius 2 is 2.10 bits per heavy atom. The standard InChI is InChI=1S/C14H9ClFN3O2/c1-19-7-8(2-5-12(19)20)13-17-14(21-18-13)10-4-3-9(16)6-11(10)15/h2-7H,1H3. The lowest BCUT2D eigenvalue weighted by molar-refractivity contribution is 0.432. The average molecular weight is 306 g/mol. The molecule has 21 heavy (non-hydrogen) atoms. The van der Waals surface area contributed by atoms with Crippen molar-refractivity contribution in [1.82, 2.24) is 14.7 Å². The van der Waals surface area contributed by atoms with E-state index in [2.05, 4.69) is 10.1 Å². The van der Waals surface area contributed by atoms with Gasteiger partial charge in [0.05, 0.1) is 10.6 Å². The molecule has 0 N–H and O–H groups in total. The first kappa shape index (κ1) is 13.5. The molecule has 106 valence electrons. The third kappa shape index (κ3) is 2.57. The summed E-state index contributed by atoms with van der Waals surface area (Å²) in [4.78, 5) is 15.6. The molecular formula is C14H9ClFN3O2. The maximum atomic E-state index is 13.0. The zero-order valence-corrected chi connectivity index (χ0v) is 11.6. The van der Waals surface area contributed by atoms with Crippen molar-refractivity contribution >= 4 is 11.6 Å². The van der Waals surface area contributed by atoms with Gasteiger partial charge in [0, 0.05) is 24.9 Å². The fourth-order valence-corrected chi connectivity index (χ4v) is 2.09. The number of hydrogen-bond donors (Lipinski definition) is 0. The van der Waals surface area contributed by atoms with Crippen LogP contribution in [0.25, 0.3) is 22.8 Å². The van der Waals surface area contributed by atoms with Gasteiger partial charge in [-0.15, -0.1) is 0 Å². The molecule has 0 aliphatic carbocycles.